The molecule has 1 unspecified atom stereocenters. The minimum Gasteiger partial charge on any atom is -0.457 e. The highest BCUT2D eigenvalue weighted by atomic mass is 16.5. The van der Waals surface area contributed by atoms with E-state index < -0.39 is 0 Å². The summed E-state index contributed by atoms with van der Waals surface area (Å²) in [7, 11) is 0. The van der Waals surface area contributed by atoms with Gasteiger partial charge in [0.2, 0.25) is 11.8 Å². The smallest absolute Gasteiger partial charge is 0.245 e. The Morgan fingerprint density at radius 3 is 2.22 bits per heavy atom. The van der Waals surface area contributed by atoms with Gasteiger partial charge in [-0.2, -0.15) is 0 Å². The number of anilines is 1. The van der Waals surface area contributed by atoms with Crippen LogP contribution in [0.5, 0.6) is 11.5 Å². The molecule has 6 heteroatoms. The minimum absolute atomic E-state index is 0.0233. The lowest BCUT2D eigenvalue weighted by atomic mass is 10.1. The van der Waals surface area contributed by atoms with Crippen molar-refractivity contribution in [2.75, 3.05) is 31.1 Å². The summed E-state index contributed by atoms with van der Waals surface area (Å²) < 4.78 is 5.83. The number of carbonyl (C=O) groups is 2. The van der Waals surface area contributed by atoms with Crippen LogP contribution in [0.2, 0.25) is 0 Å². The number of hydrogen-bond acceptors (Lipinski definition) is 4. The van der Waals surface area contributed by atoms with Gasteiger partial charge in [0.25, 0.3) is 0 Å². The van der Waals surface area contributed by atoms with E-state index in [1.165, 1.54) is 0 Å². The van der Waals surface area contributed by atoms with Gasteiger partial charge in [-0.05, 0) is 42.8 Å². The first kappa shape index (κ1) is 17.4. The van der Waals surface area contributed by atoms with E-state index in [9.17, 15) is 9.59 Å². The number of para-hydroxylation sites is 1. The summed E-state index contributed by atoms with van der Waals surface area (Å²) in [5, 5.41) is 2.76. The molecule has 2 aliphatic rings. The third-order valence-electron chi connectivity index (χ3n) is 5.07. The number of amides is 2. The average Bonchev–Trinajstić information content (AvgIpc) is 3.15. The molecule has 1 atom stereocenters. The van der Waals surface area contributed by atoms with Gasteiger partial charge in [-0.3, -0.25) is 9.59 Å². The van der Waals surface area contributed by atoms with Gasteiger partial charge >= 0.3 is 0 Å². The summed E-state index contributed by atoms with van der Waals surface area (Å²) in [5.41, 5.74) is 1.12. The molecule has 0 radical (unpaired) electrons. The number of nitrogens with zero attached hydrogens (tertiary/aromatic N) is 2. The average molecular weight is 365 g/mol. The Bertz CT molecular complexity index is 799. The molecule has 2 amide bonds. The second kappa shape index (κ2) is 7.70. The van der Waals surface area contributed by atoms with Gasteiger partial charge in [0.05, 0.1) is 0 Å². The summed E-state index contributed by atoms with van der Waals surface area (Å²) in [5.74, 6) is 1.64. The van der Waals surface area contributed by atoms with Gasteiger partial charge in [0.15, 0.2) is 0 Å². The lowest BCUT2D eigenvalue weighted by molar-refractivity contribution is -0.134. The summed E-state index contributed by atoms with van der Waals surface area (Å²) in [6.45, 7) is 2.91. The largest absolute Gasteiger partial charge is 0.457 e. The van der Waals surface area contributed by atoms with Gasteiger partial charge in [0.1, 0.15) is 17.5 Å². The highest BCUT2D eigenvalue weighted by molar-refractivity contribution is 5.90. The van der Waals surface area contributed by atoms with Gasteiger partial charge in [-0.25, -0.2) is 0 Å². The van der Waals surface area contributed by atoms with Crippen molar-refractivity contribution in [2.24, 2.45) is 0 Å². The first-order valence-corrected chi connectivity index (χ1v) is 9.35. The van der Waals surface area contributed by atoms with Gasteiger partial charge in [-0.15, -0.1) is 0 Å². The summed E-state index contributed by atoms with van der Waals surface area (Å²) >= 11 is 0. The third-order valence-corrected chi connectivity index (χ3v) is 5.07. The number of hydrogen-bond donors (Lipinski definition) is 1. The molecule has 2 aromatic carbocycles. The lowest BCUT2D eigenvalue weighted by Crippen LogP contribution is -2.53. The standard InChI is InChI=1S/C21H23N3O3/c25-20-11-10-19(22-20)21(26)24-14-12-23(13-15-24)16-6-8-18(9-7-16)27-17-4-2-1-3-5-17/h1-9,19H,10-15H2,(H,22,25). The molecular weight excluding hydrogens is 342 g/mol. The van der Waals surface area contributed by atoms with E-state index in [1.807, 2.05) is 59.5 Å². The van der Waals surface area contributed by atoms with Crippen LogP contribution in [0.1, 0.15) is 12.8 Å². The van der Waals surface area contributed by atoms with Crippen LogP contribution in [0.25, 0.3) is 0 Å². The fraction of sp³-hybridized carbons (Fsp3) is 0.333. The van der Waals surface area contributed by atoms with Crippen molar-refractivity contribution in [1.82, 2.24) is 10.2 Å². The number of ether oxygens (including phenoxy) is 1. The van der Waals surface area contributed by atoms with Crippen LogP contribution in [-0.2, 0) is 9.59 Å². The van der Waals surface area contributed by atoms with Crippen molar-refractivity contribution in [3.8, 4) is 11.5 Å². The van der Waals surface area contributed by atoms with Crippen molar-refractivity contribution < 1.29 is 14.3 Å². The molecular formula is C21H23N3O3. The second-order valence-electron chi connectivity index (χ2n) is 6.88. The zero-order valence-electron chi connectivity index (χ0n) is 15.1. The third kappa shape index (κ3) is 4.05. The molecule has 1 N–H and O–H groups in total. The fourth-order valence-electron chi connectivity index (χ4n) is 3.55. The Morgan fingerprint density at radius 1 is 0.926 bits per heavy atom. The SMILES string of the molecule is O=C1CCC(C(=O)N2CCN(c3ccc(Oc4ccccc4)cc3)CC2)N1. The lowest BCUT2D eigenvalue weighted by Gasteiger charge is -2.37. The molecule has 0 aromatic heterocycles. The van der Waals surface area contributed by atoms with Gasteiger partial charge in [0, 0.05) is 38.3 Å². The van der Waals surface area contributed by atoms with Crippen LogP contribution in [-0.4, -0.2) is 48.9 Å². The fourth-order valence-corrected chi connectivity index (χ4v) is 3.55. The summed E-state index contributed by atoms with van der Waals surface area (Å²) in [6.07, 6.45) is 1.06. The highest BCUT2D eigenvalue weighted by Crippen LogP contribution is 2.25. The second-order valence-corrected chi connectivity index (χ2v) is 6.88. The maximum atomic E-state index is 12.5. The van der Waals surface area contributed by atoms with E-state index >= 15 is 0 Å². The van der Waals surface area contributed by atoms with Crippen molar-refractivity contribution >= 4 is 17.5 Å². The summed E-state index contributed by atoms with van der Waals surface area (Å²) in [4.78, 5) is 27.9. The van der Waals surface area contributed by atoms with E-state index in [-0.39, 0.29) is 17.9 Å². The van der Waals surface area contributed by atoms with E-state index in [0.717, 1.165) is 30.3 Å². The summed E-state index contributed by atoms with van der Waals surface area (Å²) in [6, 6.07) is 17.4. The molecule has 140 valence electrons. The molecule has 2 fully saturated rings. The van der Waals surface area contributed by atoms with E-state index in [2.05, 4.69) is 10.2 Å². The molecule has 0 spiro atoms. The molecule has 27 heavy (non-hydrogen) atoms. The molecule has 2 aliphatic heterocycles. The maximum Gasteiger partial charge on any atom is 0.245 e. The highest BCUT2D eigenvalue weighted by Gasteiger charge is 2.32. The molecule has 0 saturated carbocycles. The molecule has 2 saturated heterocycles. The van der Waals surface area contributed by atoms with Gasteiger partial charge in [-0.1, -0.05) is 18.2 Å². The number of rotatable bonds is 4. The van der Waals surface area contributed by atoms with Gasteiger partial charge < -0.3 is 19.9 Å². The quantitative estimate of drug-likeness (QED) is 0.904. The number of benzene rings is 2. The van der Waals surface area contributed by atoms with Crippen LogP contribution < -0.4 is 15.0 Å². The zero-order chi connectivity index (χ0) is 18.6. The monoisotopic (exact) mass is 365 g/mol. The van der Waals surface area contributed by atoms with E-state index in [1.54, 1.807) is 0 Å². The van der Waals surface area contributed by atoms with Crippen LogP contribution in [0.4, 0.5) is 5.69 Å². The first-order valence-electron chi connectivity index (χ1n) is 9.35. The minimum atomic E-state index is -0.335. The maximum absolute atomic E-state index is 12.5. The Morgan fingerprint density at radius 2 is 1.59 bits per heavy atom. The van der Waals surface area contributed by atoms with Crippen molar-refractivity contribution in [2.45, 2.75) is 18.9 Å². The van der Waals surface area contributed by atoms with Crippen LogP contribution in [0.15, 0.2) is 54.6 Å². The van der Waals surface area contributed by atoms with E-state index in [0.29, 0.717) is 25.9 Å². The molecule has 2 heterocycles. The number of piperazine rings is 1. The Balaban J connectivity index is 1.31. The predicted octanol–water partition coefficient (Wildman–Crippen LogP) is 2.41. The zero-order valence-corrected chi connectivity index (χ0v) is 15.1. The van der Waals surface area contributed by atoms with Crippen molar-refractivity contribution in [1.29, 1.82) is 0 Å². The Kier molecular flexibility index (Phi) is 4.96. The topological polar surface area (TPSA) is 61.9 Å². The normalized spacial score (nSPS) is 19.7. The van der Waals surface area contributed by atoms with Crippen molar-refractivity contribution in [3.05, 3.63) is 54.6 Å². The molecule has 0 aliphatic carbocycles. The Hall–Kier alpha value is -3.02. The van der Waals surface area contributed by atoms with Crippen LogP contribution >= 0.6 is 0 Å². The van der Waals surface area contributed by atoms with E-state index in [4.69, 9.17) is 4.74 Å². The molecule has 0 bridgehead atoms. The number of carbonyl (C=O) groups excluding carboxylic acids is 2. The Labute approximate surface area is 158 Å². The van der Waals surface area contributed by atoms with Crippen LogP contribution in [0, 0.1) is 0 Å². The first-order chi connectivity index (χ1) is 13.2. The number of nitrogens with one attached hydrogen (secondary N) is 1. The molecule has 6 nitrogen and oxygen atoms in total. The molecule has 4 rings (SSSR count). The molecule has 2 aromatic rings. The van der Waals surface area contributed by atoms with Crippen LogP contribution in [0.3, 0.4) is 0 Å². The predicted molar refractivity (Wildman–Crippen MR) is 103 cm³/mol. The van der Waals surface area contributed by atoms with Crippen molar-refractivity contribution in [3.63, 3.8) is 0 Å².